The van der Waals surface area contributed by atoms with Gasteiger partial charge in [-0.25, -0.2) is 4.79 Å². The van der Waals surface area contributed by atoms with Crippen LogP contribution in [-0.2, 0) is 31.7 Å². The normalized spacial score (nSPS) is 21.5. The number of benzene rings is 1. The van der Waals surface area contributed by atoms with E-state index in [1.165, 1.54) is 0 Å². The van der Waals surface area contributed by atoms with Gasteiger partial charge >= 0.3 is 14.7 Å². The summed E-state index contributed by atoms with van der Waals surface area (Å²) in [6.07, 6.45) is -0.225. The fraction of sp³-hybridized carbons (Fsp3) is 0.767. The van der Waals surface area contributed by atoms with Crippen LogP contribution in [0.5, 0.6) is 11.5 Å². The van der Waals surface area contributed by atoms with Crippen molar-refractivity contribution < 1.29 is 32.6 Å². The Kier molecular flexibility index (Phi) is 8.57. The van der Waals surface area contributed by atoms with Gasteiger partial charge in [-0.15, -0.1) is 0 Å². The molecular formula is C30H51NO7Si. The zero-order valence-corrected chi connectivity index (χ0v) is 27.7. The fourth-order valence-electron chi connectivity index (χ4n) is 5.91. The van der Waals surface area contributed by atoms with Crippen LogP contribution in [-0.4, -0.2) is 63.9 Å². The Morgan fingerprint density at radius 1 is 1.13 bits per heavy atom. The van der Waals surface area contributed by atoms with E-state index in [4.69, 9.17) is 27.8 Å². The van der Waals surface area contributed by atoms with Crippen molar-refractivity contribution in [2.45, 2.75) is 130 Å². The second-order valence-electron chi connectivity index (χ2n) is 14.4. The number of fused-ring (bicyclic) bond motifs is 1. The van der Waals surface area contributed by atoms with E-state index in [1.54, 1.807) is 19.1 Å². The monoisotopic (exact) mass is 565 g/mol. The van der Waals surface area contributed by atoms with Gasteiger partial charge in [-0.3, -0.25) is 0 Å². The lowest BCUT2D eigenvalue weighted by atomic mass is 9.94. The first-order valence-corrected chi connectivity index (χ1v) is 15.7. The number of hydrogen-bond donors (Lipinski definition) is 0. The Balaban J connectivity index is 2.10. The van der Waals surface area contributed by atoms with Crippen molar-refractivity contribution in [1.82, 2.24) is 4.90 Å². The number of carbonyl (C=O) groups is 1. The van der Waals surface area contributed by atoms with Crippen LogP contribution in [0.1, 0.15) is 92.9 Å². The van der Waals surface area contributed by atoms with E-state index < -0.39 is 26.0 Å². The zero-order chi connectivity index (χ0) is 29.8. The van der Waals surface area contributed by atoms with Crippen LogP contribution >= 0.6 is 0 Å². The van der Waals surface area contributed by atoms with E-state index in [1.807, 2.05) is 41.5 Å². The fourth-order valence-corrected chi connectivity index (χ4v) is 10.5. The molecule has 8 nitrogen and oxygen atoms in total. The molecular weight excluding hydrogens is 514 g/mol. The molecule has 2 heterocycles. The SMILES string of the molecule is COc1c(C)cc(C[C@@H](C2COC(C)(C)O2)N(C)C(=O)OC(C)(C)C)c2c1O[Si](C(C)(C)C)(C(C)(C)C)OC2. The van der Waals surface area contributed by atoms with Crippen LogP contribution in [0.25, 0.3) is 0 Å². The Morgan fingerprint density at radius 3 is 2.18 bits per heavy atom. The van der Waals surface area contributed by atoms with Gasteiger partial charge < -0.3 is 32.7 Å². The van der Waals surface area contributed by atoms with Gasteiger partial charge in [0.2, 0.25) is 0 Å². The van der Waals surface area contributed by atoms with Gasteiger partial charge in [-0.1, -0.05) is 47.6 Å². The van der Waals surface area contributed by atoms with E-state index in [0.717, 1.165) is 28.2 Å². The van der Waals surface area contributed by atoms with Crippen molar-refractivity contribution in [1.29, 1.82) is 0 Å². The lowest BCUT2D eigenvalue weighted by Gasteiger charge is -2.51. The lowest BCUT2D eigenvalue weighted by molar-refractivity contribution is -0.145. The highest BCUT2D eigenvalue weighted by atomic mass is 28.4. The van der Waals surface area contributed by atoms with Gasteiger partial charge in [-0.05, 0) is 59.1 Å². The minimum atomic E-state index is -2.79. The molecule has 1 amide bonds. The number of methoxy groups -OCH3 is 1. The molecule has 0 aliphatic carbocycles. The first kappa shape index (κ1) is 31.7. The predicted molar refractivity (Wildman–Crippen MR) is 155 cm³/mol. The molecule has 0 radical (unpaired) electrons. The van der Waals surface area contributed by atoms with Crippen LogP contribution in [0.3, 0.4) is 0 Å². The molecule has 2 atom stereocenters. The van der Waals surface area contributed by atoms with Crippen LogP contribution < -0.4 is 9.16 Å². The molecule has 1 fully saturated rings. The van der Waals surface area contributed by atoms with Crippen molar-refractivity contribution >= 4 is 14.7 Å². The van der Waals surface area contributed by atoms with Crippen LogP contribution in [0, 0.1) is 6.92 Å². The van der Waals surface area contributed by atoms with Gasteiger partial charge in [-0.2, -0.15) is 0 Å². The molecule has 1 saturated heterocycles. The Bertz CT molecular complexity index is 1050. The maximum absolute atomic E-state index is 13.2. The third-order valence-electron chi connectivity index (χ3n) is 7.53. The predicted octanol–water partition coefficient (Wildman–Crippen LogP) is 6.88. The third kappa shape index (κ3) is 6.42. The summed E-state index contributed by atoms with van der Waals surface area (Å²) in [5.41, 5.74) is 2.34. The maximum atomic E-state index is 13.2. The third-order valence-corrected chi connectivity index (χ3v) is 12.5. The molecule has 3 rings (SSSR count). The van der Waals surface area contributed by atoms with Crippen LogP contribution in [0.4, 0.5) is 4.79 Å². The molecule has 0 N–H and O–H groups in total. The maximum Gasteiger partial charge on any atom is 0.410 e. The zero-order valence-electron chi connectivity index (χ0n) is 26.7. The summed E-state index contributed by atoms with van der Waals surface area (Å²) in [5.74, 6) is 0.767. The standard InChI is InChI=1S/C30H51NO7Si/c1-19-15-20(16-22(23-18-34-30(11,12)36-23)31(13)26(32)37-27(2,3)4)21-17-35-39(28(5,6)7,29(8,9)10)38-25(21)24(19)33-14/h15,22-23H,16-18H2,1-14H3/t22-,23?/m0/s1. The average molecular weight is 566 g/mol. The summed E-state index contributed by atoms with van der Waals surface area (Å²) >= 11 is 0. The van der Waals surface area contributed by atoms with E-state index in [-0.39, 0.29) is 22.2 Å². The number of amides is 1. The molecule has 0 bridgehead atoms. The number of carbonyl (C=O) groups excluding carboxylic acids is 1. The molecule has 39 heavy (non-hydrogen) atoms. The minimum Gasteiger partial charge on any atom is -0.516 e. The highest BCUT2D eigenvalue weighted by Crippen LogP contribution is 2.57. The molecule has 1 aromatic rings. The second-order valence-corrected chi connectivity index (χ2v) is 19.2. The summed E-state index contributed by atoms with van der Waals surface area (Å²) in [6.45, 7) is 25.4. The van der Waals surface area contributed by atoms with Crippen LogP contribution in [0.15, 0.2) is 6.07 Å². The molecule has 2 aliphatic heterocycles. The Hall–Kier alpha value is -1.81. The van der Waals surface area contributed by atoms with Crippen molar-refractivity contribution in [3.8, 4) is 11.5 Å². The number of likely N-dealkylation sites (N-methyl/N-ethyl adjacent to an activating group) is 1. The largest absolute Gasteiger partial charge is 0.516 e. The Labute approximate surface area is 236 Å². The van der Waals surface area contributed by atoms with Gasteiger partial charge in [0, 0.05) is 22.7 Å². The highest BCUT2D eigenvalue weighted by molar-refractivity contribution is 6.74. The van der Waals surface area contributed by atoms with Gasteiger partial charge in [0.05, 0.1) is 26.4 Å². The smallest absolute Gasteiger partial charge is 0.410 e. The number of ether oxygens (including phenoxy) is 4. The van der Waals surface area contributed by atoms with Crippen molar-refractivity contribution in [3.63, 3.8) is 0 Å². The van der Waals surface area contributed by atoms with Crippen molar-refractivity contribution in [3.05, 3.63) is 22.8 Å². The molecule has 1 unspecified atom stereocenters. The first-order valence-electron chi connectivity index (χ1n) is 13.9. The number of hydrogen-bond acceptors (Lipinski definition) is 7. The van der Waals surface area contributed by atoms with E-state index in [0.29, 0.717) is 19.6 Å². The summed E-state index contributed by atoms with van der Waals surface area (Å²) in [4.78, 5) is 14.9. The molecule has 2 aliphatic rings. The van der Waals surface area contributed by atoms with Crippen molar-refractivity contribution in [2.24, 2.45) is 0 Å². The molecule has 1 aromatic carbocycles. The minimum absolute atomic E-state index is 0.183. The first-order chi connectivity index (χ1) is 17.6. The van der Waals surface area contributed by atoms with E-state index in [9.17, 15) is 4.79 Å². The summed E-state index contributed by atoms with van der Waals surface area (Å²) in [6, 6.07) is 1.77. The number of nitrogens with zero attached hydrogens (tertiary/aromatic N) is 1. The molecule has 0 saturated carbocycles. The highest BCUT2D eigenvalue weighted by Gasteiger charge is 2.62. The quantitative estimate of drug-likeness (QED) is 0.360. The van der Waals surface area contributed by atoms with Gasteiger partial charge in [0.15, 0.2) is 17.3 Å². The van der Waals surface area contributed by atoms with Crippen molar-refractivity contribution in [2.75, 3.05) is 20.8 Å². The van der Waals surface area contributed by atoms with E-state index in [2.05, 4.69) is 47.6 Å². The van der Waals surface area contributed by atoms with Crippen LogP contribution in [0.2, 0.25) is 10.1 Å². The topological polar surface area (TPSA) is 75.7 Å². The van der Waals surface area contributed by atoms with E-state index >= 15 is 0 Å². The molecule has 0 aromatic heterocycles. The molecule has 222 valence electrons. The lowest BCUT2D eigenvalue weighted by Crippen LogP contribution is -2.61. The van der Waals surface area contributed by atoms with Gasteiger partial charge in [0.1, 0.15) is 11.7 Å². The summed E-state index contributed by atoms with van der Waals surface area (Å²) in [7, 11) is 0.657. The second kappa shape index (κ2) is 10.5. The molecule has 0 spiro atoms. The average Bonchev–Trinajstić information content (AvgIpc) is 3.13. The number of aryl methyl sites for hydroxylation is 1. The van der Waals surface area contributed by atoms with Gasteiger partial charge in [0.25, 0.3) is 0 Å². The Morgan fingerprint density at radius 2 is 1.72 bits per heavy atom. The number of rotatable bonds is 5. The molecule has 9 heteroatoms. The summed E-state index contributed by atoms with van der Waals surface area (Å²) in [5, 5.41) is -0.365. The summed E-state index contributed by atoms with van der Waals surface area (Å²) < 4.78 is 37.7.